The highest BCUT2D eigenvalue weighted by molar-refractivity contribution is 6.08. The maximum Gasteiger partial charge on any atom is 0.416 e. The summed E-state index contributed by atoms with van der Waals surface area (Å²) in [6.45, 7) is 2.20. The van der Waals surface area contributed by atoms with Gasteiger partial charge < -0.3 is 0 Å². The summed E-state index contributed by atoms with van der Waals surface area (Å²) in [5.74, 6) is -0.441. The zero-order valence-corrected chi connectivity index (χ0v) is 17.4. The maximum absolute atomic E-state index is 15.0. The van der Waals surface area contributed by atoms with Crippen LogP contribution in [0.25, 0.3) is 32.7 Å². The molecule has 0 bridgehead atoms. The fourth-order valence-electron chi connectivity index (χ4n) is 4.11. The molecule has 0 saturated heterocycles. The summed E-state index contributed by atoms with van der Waals surface area (Å²) in [7, 11) is 0. The Kier molecular flexibility index (Phi) is 5.99. The van der Waals surface area contributed by atoms with Gasteiger partial charge in [0.2, 0.25) is 0 Å². The summed E-state index contributed by atoms with van der Waals surface area (Å²) >= 11 is 0. The van der Waals surface area contributed by atoms with Gasteiger partial charge in [-0.15, -0.1) is 0 Å². The van der Waals surface area contributed by atoms with Crippen molar-refractivity contribution in [1.29, 1.82) is 0 Å². The van der Waals surface area contributed by atoms with E-state index in [0.29, 0.717) is 11.1 Å². The van der Waals surface area contributed by atoms with E-state index in [1.54, 1.807) is 6.07 Å². The predicted molar refractivity (Wildman–Crippen MR) is 120 cm³/mol. The summed E-state index contributed by atoms with van der Waals surface area (Å²) in [6.07, 6.45) is 1.48. The molecule has 0 fully saturated rings. The highest BCUT2D eigenvalue weighted by Gasteiger charge is 2.30. The molecule has 4 heteroatoms. The second-order valence-electron chi connectivity index (χ2n) is 8.06. The third-order valence-electron chi connectivity index (χ3n) is 5.83. The monoisotopic (exact) mass is 424 g/mol. The summed E-state index contributed by atoms with van der Waals surface area (Å²) in [5.41, 5.74) is 1.27. The van der Waals surface area contributed by atoms with Crippen LogP contribution in [0.15, 0.2) is 66.7 Å². The Balaban J connectivity index is 1.68. The van der Waals surface area contributed by atoms with Crippen LogP contribution in [0.2, 0.25) is 0 Å². The number of alkyl halides is 3. The Labute approximate surface area is 179 Å². The lowest BCUT2D eigenvalue weighted by atomic mass is 9.95. The SMILES string of the molecule is CCCCCCc1ccc2c(ccc3cc(-c4ccc(C(F)(F)F)cc4)c(F)cc32)c1. The van der Waals surface area contributed by atoms with Crippen LogP contribution in [-0.4, -0.2) is 0 Å². The summed E-state index contributed by atoms with van der Waals surface area (Å²) in [5, 5.41) is 3.72. The molecule has 31 heavy (non-hydrogen) atoms. The number of unbranched alkanes of at least 4 members (excludes halogenated alkanes) is 3. The normalized spacial score (nSPS) is 12.0. The van der Waals surface area contributed by atoms with Gasteiger partial charge in [-0.1, -0.05) is 68.7 Å². The van der Waals surface area contributed by atoms with E-state index in [2.05, 4.69) is 19.1 Å². The lowest BCUT2D eigenvalue weighted by Crippen LogP contribution is -2.04. The third kappa shape index (κ3) is 4.58. The van der Waals surface area contributed by atoms with Gasteiger partial charge in [0, 0.05) is 5.56 Å². The van der Waals surface area contributed by atoms with E-state index in [9.17, 15) is 17.6 Å². The Morgan fingerprint density at radius 2 is 1.42 bits per heavy atom. The molecule has 160 valence electrons. The van der Waals surface area contributed by atoms with Crippen molar-refractivity contribution in [1.82, 2.24) is 0 Å². The van der Waals surface area contributed by atoms with E-state index in [4.69, 9.17) is 0 Å². The minimum Gasteiger partial charge on any atom is -0.206 e. The lowest BCUT2D eigenvalue weighted by Gasteiger charge is -2.11. The van der Waals surface area contributed by atoms with Crippen molar-refractivity contribution in [3.8, 4) is 11.1 Å². The van der Waals surface area contributed by atoms with Gasteiger partial charge in [-0.05, 0) is 69.8 Å². The molecule has 4 rings (SSSR count). The molecule has 4 aromatic rings. The van der Waals surface area contributed by atoms with Crippen LogP contribution in [0.4, 0.5) is 17.6 Å². The average Bonchev–Trinajstić information content (AvgIpc) is 2.75. The molecule has 0 aliphatic rings. The fraction of sp³-hybridized carbons (Fsp3) is 0.259. The van der Waals surface area contributed by atoms with E-state index in [1.807, 2.05) is 18.2 Å². The van der Waals surface area contributed by atoms with Gasteiger partial charge >= 0.3 is 6.18 Å². The Hall–Kier alpha value is -2.88. The Bertz CT molecular complexity index is 1200. The molecule has 0 atom stereocenters. The van der Waals surface area contributed by atoms with Crippen LogP contribution >= 0.6 is 0 Å². The van der Waals surface area contributed by atoms with E-state index in [0.717, 1.165) is 46.5 Å². The van der Waals surface area contributed by atoms with Crippen LogP contribution in [0.5, 0.6) is 0 Å². The van der Waals surface area contributed by atoms with E-state index >= 15 is 0 Å². The van der Waals surface area contributed by atoms with Gasteiger partial charge in [-0.25, -0.2) is 4.39 Å². The van der Waals surface area contributed by atoms with Crippen LogP contribution < -0.4 is 0 Å². The summed E-state index contributed by atoms with van der Waals surface area (Å²) in [4.78, 5) is 0. The smallest absolute Gasteiger partial charge is 0.206 e. The van der Waals surface area contributed by atoms with Crippen LogP contribution in [-0.2, 0) is 12.6 Å². The summed E-state index contributed by atoms with van der Waals surface area (Å²) in [6, 6.07) is 18.1. The number of hydrogen-bond acceptors (Lipinski definition) is 0. The van der Waals surface area contributed by atoms with Crippen molar-refractivity contribution < 1.29 is 17.6 Å². The molecule has 0 unspecified atom stereocenters. The molecular formula is C27H24F4. The van der Waals surface area contributed by atoms with Gasteiger partial charge in [0.05, 0.1) is 5.56 Å². The van der Waals surface area contributed by atoms with Crippen molar-refractivity contribution >= 4 is 21.5 Å². The fourth-order valence-corrected chi connectivity index (χ4v) is 4.11. The molecule has 0 radical (unpaired) electrons. The van der Waals surface area contributed by atoms with Crippen LogP contribution in [0, 0.1) is 5.82 Å². The van der Waals surface area contributed by atoms with E-state index in [1.165, 1.54) is 43.0 Å². The molecular weight excluding hydrogens is 400 g/mol. The van der Waals surface area contributed by atoms with E-state index in [-0.39, 0.29) is 0 Å². The molecule has 0 heterocycles. The first-order chi connectivity index (χ1) is 14.9. The third-order valence-corrected chi connectivity index (χ3v) is 5.83. The van der Waals surface area contributed by atoms with Crippen molar-refractivity contribution in [3.05, 3.63) is 83.7 Å². The van der Waals surface area contributed by atoms with Gasteiger partial charge in [0.25, 0.3) is 0 Å². The average molecular weight is 424 g/mol. The molecule has 0 spiro atoms. The number of fused-ring (bicyclic) bond motifs is 3. The quantitative estimate of drug-likeness (QED) is 0.165. The molecule has 0 nitrogen and oxygen atoms in total. The highest BCUT2D eigenvalue weighted by atomic mass is 19.4. The number of halogens is 4. The first-order valence-electron chi connectivity index (χ1n) is 10.7. The first-order valence-corrected chi connectivity index (χ1v) is 10.7. The number of aryl methyl sites for hydroxylation is 1. The summed E-state index contributed by atoms with van der Waals surface area (Å²) < 4.78 is 53.4. The Morgan fingerprint density at radius 3 is 2.10 bits per heavy atom. The minimum absolute atomic E-state index is 0.299. The van der Waals surface area contributed by atoms with Gasteiger partial charge in [-0.3, -0.25) is 0 Å². The molecule has 0 N–H and O–H groups in total. The number of benzene rings is 4. The molecule has 4 aromatic carbocycles. The Morgan fingerprint density at radius 1 is 0.710 bits per heavy atom. The van der Waals surface area contributed by atoms with Crippen molar-refractivity contribution in [3.63, 3.8) is 0 Å². The molecule has 0 amide bonds. The molecule has 0 aliphatic heterocycles. The molecule has 0 saturated carbocycles. The van der Waals surface area contributed by atoms with Crippen molar-refractivity contribution in [2.24, 2.45) is 0 Å². The molecule has 0 aromatic heterocycles. The standard InChI is InChI=1S/C27H24F4/c1-2-3-4-5-6-18-7-14-23-20(15-18)8-9-21-16-25(26(28)17-24(21)23)19-10-12-22(13-11-19)27(29,30)31/h7-17H,2-6H2,1H3. The zero-order chi connectivity index (χ0) is 22.0. The van der Waals surface area contributed by atoms with Crippen LogP contribution in [0.1, 0.15) is 43.7 Å². The first kappa shape index (κ1) is 21.4. The maximum atomic E-state index is 15.0. The van der Waals surface area contributed by atoms with Crippen molar-refractivity contribution in [2.75, 3.05) is 0 Å². The largest absolute Gasteiger partial charge is 0.416 e. The van der Waals surface area contributed by atoms with E-state index < -0.39 is 17.6 Å². The van der Waals surface area contributed by atoms with Crippen molar-refractivity contribution in [2.45, 2.75) is 45.2 Å². The minimum atomic E-state index is -4.41. The van der Waals surface area contributed by atoms with Crippen LogP contribution in [0.3, 0.4) is 0 Å². The molecule has 0 aliphatic carbocycles. The highest BCUT2D eigenvalue weighted by Crippen LogP contribution is 2.35. The zero-order valence-electron chi connectivity index (χ0n) is 17.4. The predicted octanol–water partition coefficient (Wildman–Crippen LogP) is 8.94. The lowest BCUT2D eigenvalue weighted by molar-refractivity contribution is -0.137. The van der Waals surface area contributed by atoms with Gasteiger partial charge in [0.15, 0.2) is 0 Å². The second-order valence-corrected chi connectivity index (χ2v) is 8.06. The topological polar surface area (TPSA) is 0 Å². The number of hydrogen-bond donors (Lipinski definition) is 0. The number of rotatable bonds is 6. The van der Waals surface area contributed by atoms with Gasteiger partial charge in [0.1, 0.15) is 5.82 Å². The second kappa shape index (κ2) is 8.70. The van der Waals surface area contributed by atoms with Gasteiger partial charge in [-0.2, -0.15) is 13.2 Å².